The van der Waals surface area contributed by atoms with E-state index >= 15 is 0 Å². The first-order valence-electron chi connectivity index (χ1n) is 4.41. The van der Waals surface area contributed by atoms with Crippen LogP contribution in [0.4, 0.5) is 5.69 Å². The lowest BCUT2D eigenvalue weighted by atomic mass is 10.3. The van der Waals surface area contributed by atoms with Gasteiger partial charge in [-0.25, -0.2) is 0 Å². The summed E-state index contributed by atoms with van der Waals surface area (Å²) in [4.78, 5) is 0. The predicted molar refractivity (Wildman–Crippen MR) is 57.4 cm³/mol. The molecule has 0 aliphatic carbocycles. The van der Waals surface area contributed by atoms with Crippen molar-refractivity contribution in [2.75, 3.05) is 18.1 Å². The molecule has 0 amide bonds. The molecule has 6 heteroatoms. The SMILES string of the molecule is Nc1ccc(OCCCS(=O)(=O)O)cc1. The molecule has 0 heterocycles. The van der Waals surface area contributed by atoms with E-state index in [0.29, 0.717) is 11.4 Å². The topological polar surface area (TPSA) is 89.6 Å². The summed E-state index contributed by atoms with van der Waals surface area (Å²) in [5.74, 6) is 0.335. The summed E-state index contributed by atoms with van der Waals surface area (Å²) in [6, 6.07) is 6.78. The van der Waals surface area contributed by atoms with Gasteiger partial charge in [0.05, 0.1) is 12.4 Å². The van der Waals surface area contributed by atoms with E-state index in [0.717, 1.165) is 0 Å². The Morgan fingerprint density at radius 3 is 2.40 bits per heavy atom. The molecule has 1 rings (SSSR count). The van der Waals surface area contributed by atoms with Crippen LogP contribution in [0.15, 0.2) is 24.3 Å². The van der Waals surface area contributed by atoms with Gasteiger partial charge in [-0.3, -0.25) is 4.55 Å². The number of benzene rings is 1. The fraction of sp³-hybridized carbons (Fsp3) is 0.333. The van der Waals surface area contributed by atoms with E-state index < -0.39 is 10.1 Å². The van der Waals surface area contributed by atoms with Crippen LogP contribution in [0.25, 0.3) is 0 Å². The minimum atomic E-state index is -3.89. The fourth-order valence-electron chi connectivity index (χ4n) is 0.995. The highest BCUT2D eigenvalue weighted by Crippen LogP contribution is 2.13. The summed E-state index contributed by atoms with van der Waals surface area (Å²) in [6.45, 7) is 0.240. The lowest BCUT2D eigenvalue weighted by molar-refractivity contribution is 0.316. The average Bonchev–Trinajstić information content (AvgIpc) is 2.14. The zero-order valence-corrected chi connectivity index (χ0v) is 8.90. The van der Waals surface area contributed by atoms with Crippen LogP contribution in [0.3, 0.4) is 0 Å². The van der Waals surface area contributed by atoms with E-state index in [4.69, 9.17) is 15.0 Å². The van der Waals surface area contributed by atoms with E-state index in [1.54, 1.807) is 24.3 Å². The van der Waals surface area contributed by atoms with Gasteiger partial charge in [-0.2, -0.15) is 8.42 Å². The van der Waals surface area contributed by atoms with E-state index in [-0.39, 0.29) is 18.8 Å². The molecule has 0 radical (unpaired) electrons. The van der Waals surface area contributed by atoms with Gasteiger partial charge >= 0.3 is 0 Å². The van der Waals surface area contributed by atoms with Crippen LogP contribution >= 0.6 is 0 Å². The highest BCUT2D eigenvalue weighted by molar-refractivity contribution is 7.85. The number of nitrogens with two attached hydrogens (primary N) is 1. The van der Waals surface area contributed by atoms with Crippen LogP contribution in [-0.2, 0) is 10.1 Å². The Morgan fingerprint density at radius 1 is 1.27 bits per heavy atom. The van der Waals surface area contributed by atoms with Crippen LogP contribution in [0.1, 0.15) is 6.42 Å². The second kappa shape index (κ2) is 4.99. The fourth-order valence-corrected chi connectivity index (χ4v) is 1.48. The molecule has 1 aromatic carbocycles. The molecule has 0 fully saturated rings. The normalized spacial score (nSPS) is 11.3. The average molecular weight is 231 g/mol. The highest BCUT2D eigenvalue weighted by atomic mass is 32.2. The number of hydrogen-bond donors (Lipinski definition) is 2. The maximum atomic E-state index is 10.4. The molecule has 0 bridgehead atoms. The molecular weight excluding hydrogens is 218 g/mol. The van der Waals surface area contributed by atoms with Crippen molar-refractivity contribution >= 4 is 15.8 Å². The number of hydrogen-bond acceptors (Lipinski definition) is 4. The van der Waals surface area contributed by atoms with Crippen molar-refractivity contribution in [2.45, 2.75) is 6.42 Å². The Morgan fingerprint density at radius 2 is 1.87 bits per heavy atom. The first-order valence-corrected chi connectivity index (χ1v) is 6.02. The van der Waals surface area contributed by atoms with Gasteiger partial charge in [-0.1, -0.05) is 0 Å². The van der Waals surface area contributed by atoms with E-state index in [2.05, 4.69) is 0 Å². The molecule has 3 N–H and O–H groups in total. The van der Waals surface area contributed by atoms with Crippen molar-refractivity contribution in [1.82, 2.24) is 0 Å². The second-order valence-electron chi connectivity index (χ2n) is 3.06. The maximum Gasteiger partial charge on any atom is 0.264 e. The van der Waals surface area contributed by atoms with Crippen molar-refractivity contribution in [1.29, 1.82) is 0 Å². The molecule has 84 valence electrons. The molecule has 0 saturated carbocycles. The third kappa shape index (κ3) is 5.24. The third-order valence-electron chi connectivity index (χ3n) is 1.70. The Hall–Kier alpha value is -1.27. The van der Waals surface area contributed by atoms with Crippen LogP contribution in [-0.4, -0.2) is 25.3 Å². The van der Waals surface area contributed by atoms with Crippen molar-refractivity contribution in [3.8, 4) is 5.75 Å². The molecule has 15 heavy (non-hydrogen) atoms. The van der Waals surface area contributed by atoms with Crippen molar-refractivity contribution in [3.05, 3.63) is 24.3 Å². The van der Waals surface area contributed by atoms with E-state index in [1.807, 2.05) is 0 Å². The van der Waals surface area contributed by atoms with Gasteiger partial charge in [0.1, 0.15) is 5.75 Å². The molecule has 0 aliphatic heterocycles. The Kier molecular flexibility index (Phi) is 3.93. The molecule has 0 spiro atoms. The summed E-state index contributed by atoms with van der Waals surface area (Å²) < 4.78 is 34.4. The lowest BCUT2D eigenvalue weighted by Gasteiger charge is -2.05. The summed E-state index contributed by atoms with van der Waals surface area (Å²) in [5, 5.41) is 0. The number of ether oxygens (including phenoxy) is 1. The largest absolute Gasteiger partial charge is 0.494 e. The first-order chi connectivity index (χ1) is 6.97. The Balaban J connectivity index is 2.29. The zero-order valence-electron chi connectivity index (χ0n) is 8.09. The lowest BCUT2D eigenvalue weighted by Crippen LogP contribution is -2.08. The smallest absolute Gasteiger partial charge is 0.264 e. The van der Waals surface area contributed by atoms with Gasteiger partial charge in [-0.05, 0) is 30.7 Å². The second-order valence-corrected chi connectivity index (χ2v) is 4.63. The Labute approximate surface area is 88.6 Å². The predicted octanol–water partition coefficient (Wildman–Crippen LogP) is 0.925. The summed E-state index contributed by atoms with van der Waals surface area (Å²) in [6.07, 6.45) is 0.253. The van der Waals surface area contributed by atoms with Crippen LogP contribution < -0.4 is 10.5 Å². The van der Waals surface area contributed by atoms with Gasteiger partial charge in [0.2, 0.25) is 0 Å². The minimum Gasteiger partial charge on any atom is -0.494 e. The van der Waals surface area contributed by atoms with Gasteiger partial charge in [-0.15, -0.1) is 0 Å². The minimum absolute atomic E-state index is 0.240. The summed E-state index contributed by atoms with van der Waals surface area (Å²) >= 11 is 0. The van der Waals surface area contributed by atoms with Gasteiger partial charge in [0.15, 0.2) is 0 Å². The molecule has 0 saturated heterocycles. The van der Waals surface area contributed by atoms with Crippen LogP contribution in [0.5, 0.6) is 5.75 Å². The molecule has 0 aromatic heterocycles. The van der Waals surface area contributed by atoms with Crippen molar-refractivity contribution in [2.24, 2.45) is 0 Å². The number of nitrogen functional groups attached to an aromatic ring is 1. The molecule has 0 unspecified atom stereocenters. The maximum absolute atomic E-state index is 10.4. The molecule has 5 nitrogen and oxygen atoms in total. The number of rotatable bonds is 5. The molecule has 0 aliphatic rings. The van der Waals surface area contributed by atoms with Gasteiger partial charge in [0.25, 0.3) is 10.1 Å². The van der Waals surface area contributed by atoms with Crippen LogP contribution in [0.2, 0.25) is 0 Å². The quantitative estimate of drug-likeness (QED) is 0.447. The first kappa shape index (κ1) is 11.8. The Bertz CT molecular complexity index is 399. The summed E-state index contributed by atoms with van der Waals surface area (Å²) in [5.41, 5.74) is 6.11. The van der Waals surface area contributed by atoms with Crippen molar-refractivity contribution < 1.29 is 17.7 Å². The van der Waals surface area contributed by atoms with Gasteiger partial charge in [0, 0.05) is 5.69 Å². The van der Waals surface area contributed by atoms with E-state index in [9.17, 15) is 8.42 Å². The third-order valence-corrected chi connectivity index (χ3v) is 2.50. The standard InChI is InChI=1S/C9H13NO4S/c10-8-2-4-9(5-3-8)14-6-1-7-15(11,12)13/h2-5H,1,6-7,10H2,(H,11,12,13). The molecular formula is C9H13NO4S. The van der Waals surface area contributed by atoms with Gasteiger partial charge < -0.3 is 10.5 Å². The van der Waals surface area contributed by atoms with Crippen molar-refractivity contribution in [3.63, 3.8) is 0 Å². The number of anilines is 1. The molecule has 0 atom stereocenters. The monoisotopic (exact) mass is 231 g/mol. The highest BCUT2D eigenvalue weighted by Gasteiger charge is 2.03. The summed E-state index contributed by atoms with van der Waals surface area (Å²) in [7, 11) is -3.89. The van der Waals surface area contributed by atoms with E-state index in [1.165, 1.54) is 0 Å². The van der Waals surface area contributed by atoms with Crippen LogP contribution in [0, 0.1) is 0 Å². The molecule has 1 aromatic rings. The zero-order chi connectivity index (χ0) is 11.3.